The predicted octanol–water partition coefficient (Wildman–Crippen LogP) is 2.29. The quantitative estimate of drug-likeness (QED) is 0.752. The molecule has 0 spiro atoms. The smallest absolute Gasteiger partial charge is 0.338 e. The van der Waals surface area contributed by atoms with Gasteiger partial charge in [0.25, 0.3) is 0 Å². The van der Waals surface area contributed by atoms with Crippen molar-refractivity contribution in [2.45, 2.75) is 13.8 Å². The maximum atomic E-state index is 11.6. The minimum Gasteiger partial charge on any atom is -0.465 e. The Morgan fingerprint density at radius 3 is 2.29 bits per heavy atom. The normalized spacial score (nSPS) is 10.1. The molecule has 1 rings (SSSR count). The van der Waals surface area contributed by atoms with E-state index in [0.717, 1.165) is 0 Å². The summed E-state index contributed by atoms with van der Waals surface area (Å²) in [5.41, 5.74) is 0.694. The van der Waals surface area contributed by atoms with Gasteiger partial charge < -0.3 is 9.47 Å². The van der Waals surface area contributed by atoms with Crippen LogP contribution in [0.4, 0.5) is 0 Å². The van der Waals surface area contributed by atoms with Gasteiger partial charge in [-0.25, -0.2) is 9.59 Å². The van der Waals surface area contributed by atoms with Crippen molar-refractivity contribution in [2.75, 3.05) is 13.7 Å². The van der Waals surface area contributed by atoms with Crippen molar-refractivity contribution in [3.63, 3.8) is 0 Å². The molecule has 17 heavy (non-hydrogen) atoms. The van der Waals surface area contributed by atoms with Gasteiger partial charge in [0, 0.05) is 0 Å². The molecule has 92 valence electrons. The average Bonchev–Trinajstić information content (AvgIpc) is 2.35. The number of benzene rings is 1. The van der Waals surface area contributed by atoms with Crippen LogP contribution in [-0.2, 0) is 9.47 Å². The van der Waals surface area contributed by atoms with Crippen molar-refractivity contribution in [3.8, 4) is 0 Å². The first-order chi connectivity index (χ1) is 8.04. The van der Waals surface area contributed by atoms with E-state index >= 15 is 0 Å². The van der Waals surface area contributed by atoms with E-state index in [1.54, 1.807) is 18.2 Å². The van der Waals surface area contributed by atoms with Gasteiger partial charge in [0.05, 0.1) is 24.8 Å². The molecule has 0 heterocycles. The predicted molar refractivity (Wildman–Crippen MR) is 62.9 cm³/mol. The molecule has 0 aromatic heterocycles. The van der Waals surface area contributed by atoms with E-state index in [2.05, 4.69) is 4.74 Å². The number of esters is 2. The molecular formula is C13H16O4. The Hall–Kier alpha value is -1.84. The second kappa shape index (κ2) is 6.03. The van der Waals surface area contributed by atoms with Crippen LogP contribution in [0.5, 0.6) is 0 Å². The van der Waals surface area contributed by atoms with E-state index < -0.39 is 11.9 Å². The monoisotopic (exact) mass is 236 g/mol. The third-order valence-corrected chi connectivity index (χ3v) is 2.07. The van der Waals surface area contributed by atoms with Gasteiger partial charge in [-0.3, -0.25) is 0 Å². The van der Waals surface area contributed by atoms with Crippen LogP contribution in [0.2, 0.25) is 0 Å². The number of rotatable bonds is 4. The van der Waals surface area contributed by atoms with Gasteiger partial charge in [-0.2, -0.15) is 0 Å². The van der Waals surface area contributed by atoms with Gasteiger partial charge in [0.1, 0.15) is 0 Å². The van der Waals surface area contributed by atoms with Crippen molar-refractivity contribution in [1.82, 2.24) is 0 Å². The highest BCUT2D eigenvalue weighted by Crippen LogP contribution is 2.08. The highest BCUT2D eigenvalue weighted by atomic mass is 16.5. The molecule has 4 nitrogen and oxygen atoms in total. The molecule has 0 amide bonds. The maximum absolute atomic E-state index is 11.6. The van der Waals surface area contributed by atoms with Gasteiger partial charge >= 0.3 is 11.9 Å². The molecule has 1 aromatic carbocycles. The number of carbonyl (C=O) groups excluding carboxylic acids is 2. The van der Waals surface area contributed by atoms with Gasteiger partial charge in [-0.05, 0) is 24.1 Å². The molecule has 4 heteroatoms. The van der Waals surface area contributed by atoms with E-state index in [9.17, 15) is 9.59 Å². The highest BCUT2D eigenvalue weighted by Gasteiger charge is 2.11. The number of hydrogen-bond acceptors (Lipinski definition) is 4. The zero-order valence-electron chi connectivity index (χ0n) is 10.2. The molecule has 0 N–H and O–H groups in total. The Labute approximate surface area is 101 Å². The third-order valence-electron chi connectivity index (χ3n) is 2.07. The summed E-state index contributed by atoms with van der Waals surface area (Å²) in [4.78, 5) is 22.9. The van der Waals surface area contributed by atoms with Crippen LogP contribution >= 0.6 is 0 Å². The number of ether oxygens (including phenoxy) is 2. The summed E-state index contributed by atoms with van der Waals surface area (Å²) in [6, 6.07) is 6.28. The molecular weight excluding hydrogens is 220 g/mol. The Morgan fingerprint density at radius 1 is 1.18 bits per heavy atom. The zero-order chi connectivity index (χ0) is 12.8. The fourth-order valence-electron chi connectivity index (χ4n) is 1.22. The van der Waals surface area contributed by atoms with E-state index in [0.29, 0.717) is 17.7 Å². The molecule has 0 fully saturated rings. The molecule has 0 unspecified atom stereocenters. The van der Waals surface area contributed by atoms with Crippen LogP contribution in [0.3, 0.4) is 0 Å². The van der Waals surface area contributed by atoms with Crippen LogP contribution in [0.15, 0.2) is 24.3 Å². The molecule has 0 saturated carbocycles. The molecule has 0 radical (unpaired) electrons. The van der Waals surface area contributed by atoms with Crippen LogP contribution < -0.4 is 0 Å². The van der Waals surface area contributed by atoms with Gasteiger partial charge in [0.15, 0.2) is 0 Å². The summed E-state index contributed by atoms with van der Waals surface area (Å²) in [5.74, 6) is -0.615. The summed E-state index contributed by atoms with van der Waals surface area (Å²) >= 11 is 0. The lowest BCUT2D eigenvalue weighted by molar-refractivity contribution is 0.0459. The van der Waals surface area contributed by atoms with E-state index in [4.69, 9.17) is 4.74 Å². The van der Waals surface area contributed by atoms with Crippen LogP contribution in [0.1, 0.15) is 34.6 Å². The summed E-state index contributed by atoms with van der Waals surface area (Å²) < 4.78 is 9.64. The second-order valence-corrected chi connectivity index (χ2v) is 4.06. The van der Waals surface area contributed by atoms with E-state index in [1.165, 1.54) is 13.2 Å². The molecule has 0 aliphatic rings. The summed E-state index contributed by atoms with van der Waals surface area (Å²) in [6.45, 7) is 4.28. The average molecular weight is 236 g/mol. The first kappa shape index (κ1) is 13.2. The lowest BCUT2D eigenvalue weighted by Gasteiger charge is -2.07. The van der Waals surface area contributed by atoms with Crippen LogP contribution in [0, 0.1) is 5.92 Å². The minimum absolute atomic E-state index is 0.280. The van der Waals surface area contributed by atoms with Crippen molar-refractivity contribution < 1.29 is 19.1 Å². The number of methoxy groups -OCH3 is 1. The molecule has 0 aliphatic heterocycles. The Bertz CT molecular complexity index is 410. The van der Waals surface area contributed by atoms with Gasteiger partial charge in [-0.1, -0.05) is 19.9 Å². The maximum Gasteiger partial charge on any atom is 0.338 e. The Balaban J connectivity index is 2.77. The van der Waals surface area contributed by atoms with Crippen molar-refractivity contribution in [2.24, 2.45) is 5.92 Å². The van der Waals surface area contributed by atoms with Crippen LogP contribution in [0.25, 0.3) is 0 Å². The minimum atomic E-state index is -0.469. The molecule has 0 atom stereocenters. The molecule has 1 aromatic rings. The van der Waals surface area contributed by atoms with E-state index in [1.807, 2.05) is 13.8 Å². The second-order valence-electron chi connectivity index (χ2n) is 4.06. The number of hydrogen-bond donors (Lipinski definition) is 0. The molecule has 0 saturated heterocycles. The fraction of sp³-hybridized carbons (Fsp3) is 0.385. The van der Waals surface area contributed by atoms with Gasteiger partial charge in [-0.15, -0.1) is 0 Å². The lowest BCUT2D eigenvalue weighted by atomic mass is 10.1. The number of carbonyl (C=O) groups is 2. The first-order valence-corrected chi connectivity index (χ1v) is 5.40. The van der Waals surface area contributed by atoms with E-state index in [-0.39, 0.29) is 5.92 Å². The van der Waals surface area contributed by atoms with Crippen molar-refractivity contribution in [3.05, 3.63) is 35.4 Å². The lowest BCUT2D eigenvalue weighted by Crippen LogP contribution is -2.11. The molecule has 0 aliphatic carbocycles. The van der Waals surface area contributed by atoms with Gasteiger partial charge in [0.2, 0.25) is 0 Å². The summed E-state index contributed by atoms with van der Waals surface area (Å²) in [6.07, 6.45) is 0. The zero-order valence-corrected chi connectivity index (χ0v) is 10.2. The Morgan fingerprint density at radius 2 is 1.76 bits per heavy atom. The summed E-state index contributed by atoms with van der Waals surface area (Å²) in [5, 5.41) is 0. The largest absolute Gasteiger partial charge is 0.465 e. The SMILES string of the molecule is COC(=O)c1cccc(C(=O)OCC(C)C)c1. The third kappa shape index (κ3) is 3.90. The summed E-state index contributed by atoms with van der Waals surface area (Å²) in [7, 11) is 1.30. The fourth-order valence-corrected chi connectivity index (χ4v) is 1.22. The highest BCUT2D eigenvalue weighted by molar-refractivity contribution is 5.95. The molecule has 0 bridgehead atoms. The topological polar surface area (TPSA) is 52.6 Å². The van der Waals surface area contributed by atoms with Crippen molar-refractivity contribution >= 4 is 11.9 Å². The first-order valence-electron chi connectivity index (χ1n) is 5.40. The Kier molecular flexibility index (Phi) is 4.69. The van der Waals surface area contributed by atoms with Crippen LogP contribution in [-0.4, -0.2) is 25.7 Å². The van der Waals surface area contributed by atoms with Crippen molar-refractivity contribution in [1.29, 1.82) is 0 Å². The standard InChI is InChI=1S/C13H16O4/c1-9(2)8-17-13(15)11-6-4-5-10(7-11)12(14)16-3/h4-7,9H,8H2,1-3H3.